The van der Waals surface area contributed by atoms with Gasteiger partial charge in [0.1, 0.15) is 10.8 Å². The minimum absolute atomic E-state index is 0.0562. The molecule has 0 saturated carbocycles. The van der Waals surface area contributed by atoms with Crippen molar-refractivity contribution in [2.24, 2.45) is 0 Å². The number of rotatable bonds is 3. The Morgan fingerprint density at radius 2 is 1.71 bits per heavy atom. The first-order chi connectivity index (χ1) is 11.3. The quantitative estimate of drug-likeness (QED) is 0.526. The smallest absolute Gasteiger partial charge is 0.339 e. The Morgan fingerprint density at radius 1 is 1.04 bits per heavy atom. The molecular weight excluding hydrogens is 421 g/mol. The summed E-state index contributed by atoms with van der Waals surface area (Å²) >= 11 is 29.4. The van der Waals surface area contributed by atoms with Crippen LogP contribution in [0.4, 0.5) is 5.69 Å². The molecule has 0 radical (unpaired) electrons. The number of esters is 1. The molecule has 0 bridgehead atoms. The van der Waals surface area contributed by atoms with Gasteiger partial charge < -0.3 is 10.1 Å². The molecule has 126 valence electrons. The van der Waals surface area contributed by atoms with Gasteiger partial charge in [0, 0.05) is 5.69 Å². The second-order valence-electron chi connectivity index (χ2n) is 4.33. The van der Waals surface area contributed by atoms with Crippen LogP contribution < -0.4 is 5.32 Å². The van der Waals surface area contributed by atoms with Gasteiger partial charge in [-0.25, -0.2) is 9.78 Å². The lowest BCUT2D eigenvalue weighted by Gasteiger charge is -2.10. The van der Waals surface area contributed by atoms with Crippen molar-refractivity contribution in [1.29, 1.82) is 0 Å². The van der Waals surface area contributed by atoms with E-state index in [-0.39, 0.29) is 42.2 Å². The van der Waals surface area contributed by atoms with Crippen LogP contribution in [0.1, 0.15) is 20.8 Å². The third-order valence-corrected chi connectivity index (χ3v) is 4.84. The third-order valence-electron chi connectivity index (χ3n) is 2.83. The summed E-state index contributed by atoms with van der Waals surface area (Å²) in [6.07, 6.45) is 0. The molecule has 0 saturated heterocycles. The van der Waals surface area contributed by atoms with E-state index in [1.807, 2.05) is 0 Å². The van der Waals surface area contributed by atoms with Crippen molar-refractivity contribution in [3.63, 3.8) is 0 Å². The Morgan fingerprint density at radius 3 is 2.33 bits per heavy atom. The Balaban J connectivity index is 2.36. The number of hydrogen-bond donors (Lipinski definition) is 1. The van der Waals surface area contributed by atoms with Crippen molar-refractivity contribution < 1.29 is 14.3 Å². The summed E-state index contributed by atoms with van der Waals surface area (Å²) < 4.78 is 4.61. The summed E-state index contributed by atoms with van der Waals surface area (Å²) in [5.74, 6) is -1.34. The van der Waals surface area contributed by atoms with E-state index in [0.717, 1.165) is 0 Å². The molecule has 24 heavy (non-hydrogen) atoms. The van der Waals surface area contributed by atoms with E-state index in [4.69, 9.17) is 58.0 Å². The van der Waals surface area contributed by atoms with Crippen LogP contribution in [0.25, 0.3) is 0 Å². The van der Waals surface area contributed by atoms with Crippen molar-refractivity contribution in [3.8, 4) is 0 Å². The zero-order chi connectivity index (χ0) is 18.0. The molecule has 0 spiro atoms. The molecular formula is C14H7Cl5N2O3. The van der Waals surface area contributed by atoms with Gasteiger partial charge in [-0.1, -0.05) is 58.0 Å². The zero-order valence-electron chi connectivity index (χ0n) is 11.8. The number of carbonyl (C=O) groups is 2. The monoisotopic (exact) mass is 426 g/mol. The fourth-order valence-electron chi connectivity index (χ4n) is 1.70. The van der Waals surface area contributed by atoms with Gasteiger partial charge in [-0.3, -0.25) is 4.79 Å². The average Bonchev–Trinajstić information content (AvgIpc) is 2.57. The van der Waals surface area contributed by atoms with Crippen molar-refractivity contribution in [1.82, 2.24) is 4.98 Å². The highest BCUT2D eigenvalue weighted by molar-refractivity contribution is 6.52. The lowest BCUT2D eigenvalue weighted by atomic mass is 10.2. The van der Waals surface area contributed by atoms with Gasteiger partial charge in [-0.05, 0) is 18.2 Å². The SMILES string of the molecule is COC(=O)c1cc(NC(=O)c2nc(Cl)c(Cl)c(Cl)c2Cl)ccc1Cl. The highest BCUT2D eigenvalue weighted by Gasteiger charge is 2.21. The maximum atomic E-state index is 12.3. The lowest BCUT2D eigenvalue weighted by Crippen LogP contribution is -2.15. The number of aromatic nitrogens is 1. The number of halogens is 5. The molecule has 1 aromatic carbocycles. The number of hydrogen-bond acceptors (Lipinski definition) is 4. The number of pyridine rings is 1. The van der Waals surface area contributed by atoms with E-state index in [1.165, 1.54) is 25.3 Å². The molecule has 1 aromatic heterocycles. The zero-order valence-corrected chi connectivity index (χ0v) is 15.6. The van der Waals surface area contributed by atoms with Gasteiger partial charge in [0.15, 0.2) is 0 Å². The summed E-state index contributed by atoms with van der Waals surface area (Å²) in [5.41, 5.74) is 0.138. The molecule has 2 aromatic rings. The molecule has 1 amide bonds. The van der Waals surface area contributed by atoms with Gasteiger partial charge in [0.25, 0.3) is 5.91 Å². The number of anilines is 1. The minimum Gasteiger partial charge on any atom is -0.465 e. The molecule has 0 unspecified atom stereocenters. The third kappa shape index (κ3) is 3.87. The van der Waals surface area contributed by atoms with Crippen LogP contribution in [0.15, 0.2) is 18.2 Å². The van der Waals surface area contributed by atoms with E-state index in [1.54, 1.807) is 0 Å². The highest BCUT2D eigenvalue weighted by Crippen LogP contribution is 2.36. The molecule has 0 aliphatic heterocycles. The number of amides is 1. The number of nitrogens with one attached hydrogen (secondary N) is 1. The summed E-state index contributed by atoms with van der Waals surface area (Å²) in [7, 11) is 1.21. The van der Waals surface area contributed by atoms with Gasteiger partial charge >= 0.3 is 5.97 Å². The fraction of sp³-hybridized carbons (Fsp3) is 0.0714. The fourth-order valence-corrected chi connectivity index (χ4v) is 2.71. The molecule has 1 N–H and O–H groups in total. The van der Waals surface area contributed by atoms with Gasteiger partial charge in [-0.15, -0.1) is 0 Å². The van der Waals surface area contributed by atoms with Crippen LogP contribution in [-0.2, 0) is 4.74 Å². The first kappa shape index (κ1) is 19.1. The molecule has 10 heteroatoms. The van der Waals surface area contributed by atoms with E-state index < -0.39 is 11.9 Å². The van der Waals surface area contributed by atoms with Crippen LogP contribution >= 0.6 is 58.0 Å². The second-order valence-corrected chi connectivity index (χ2v) is 6.23. The predicted molar refractivity (Wildman–Crippen MR) is 95.0 cm³/mol. The maximum absolute atomic E-state index is 12.3. The number of benzene rings is 1. The Bertz CT molecular complexity index is 842. The van der Waals surface area contributed by atoms with Crippen LogP contribution in [0.3, 0.4) is 0 Å². The molecule has 0 aliphatic carbocycles. The Labute approximate surface area is 161 Å². The van der Waals surface area contributed by atoms with Gasteiger partial charge in [-0.2, -0.15) is 0 Å². The van der Waals surface area contributed by atoms with E-state index in [2.05, 4.69) is 15.0 Å². The first-order valence-electron chi connectivity index (χ1n) is 6.15. The molecule has 1 heterocycles. The standard InChI is InChI=1S/C14H7Cl5N2O3/c1-24-14(23)6-4-5(2-3-7(6)15)20-13(22)11-9(17)8(16)10(18)12(19)21-11/h2-4H,1H3,(H,20,22). The largest absolute Gasteiger partial charge is 0.465 e. The van der Waals surface area contributed by atoms with Gasteiger partial charge in [0.2, 0.25) is 0 Å². The molecule has 0 aliphatic rings. The van der Waals surface area contributed by atoms with Crippen LogP contribution in [-0.4, -0.2) is 24.0 Å². The van der Waals surface area contributed by atoms with E-state index >= 15 is 0 Å². The summed E-state index contributed by atoms with van der Waals surface area (Å²) in [6.45, 7) is 0. The number of methoxy groups -OCH3 is 1. The van der Waals surface area contributed by atoms with Crippen LogP contribution in [0.5, 0.6) is 0 Å². The van der Waals surface area contributed by atoms with E-state index in [0.29, 0.717) is 0 Å². The summed E-state index contributed by atoms with van der Waals surface area (Å²) in [4.78, 5) is 27.7. The first-order valence-corrected chi connectivity index (χ1v) is 8.04. The molecule has 0 atom stereocenters. The molecule has 0 fully saturated rings. The highest BCUT2D eigenvalue weighted by atomic mass is 35.5. The van der Waals surface area contributed by atoms with Crippen molar-refractivity contribution in [2.75, 3.05) is 12.4 Å². The lowest BCUT2D eigenvalue weighted by molar-refractivity contribution is 0.0600. The predicted octanol–water partition coefficient (Wildman–Crippen LogP) is 5.39. The minimum atomic E-state index is -0.696. The Hall–Kier alpha value is -1.24. The molecule has 5 nitrogen and oxygen atoms in total. The molecule has 2 rings (SSSR count). The number of nitrogens with zero attached hydrogens (tertiary/aromatic N) is 1. The number of carbonyl (C=O) groups excluding carboxylic acids is 2. The van der Waals surface area contributed by atoms with E-state index in [9.17, 15) is 9.59 Å². The van der Waals surface area contributed by atoms with Crippen LogP contribution in [0.2, 0.25) is 25.2 Å². The average molecular weight is 428 g/mol. The normalized spacial score (nSPS) is 10.4. The number of ether oxygens (including phenoxy) is 1. The van der Waals surface area contributed by atoms with Crippen LogP contribution in [0, 0.1) is 0 Å². The maximum Gasteiger partial charge on any atom is 0.339 e. The Kier molecular flexibility index (Phi) is 6.17. The second kappa shape index (κ2) is 7.76. The van der Waals surface area contributed by atoms with Gasteiger partial charge in [0.05, 0.1) is 32.8 Å². The summed E-state index contributed by atoms with van der Waals surface area (Å²) in [6, 6.07) is 4.26. The topological polar surface area (TPSA) is 68.3 Å². The summed E-state index contributed by atoms with van der Waals surface area (Å²) in [5, 5.41) is 2.23. The van der Waals surface area contributed by atoms with Crippen molar-refractivity contribution in [3.05, 3.63) is 54.7 Å². The van der Waals surface area contributed by atoms with Crippen molar-refractivity contribution in [2.45, 2.75) is 0 Å². The van der Waals surface area contributed by atoms with Crippen molar-refractivity contribution >= 4 is 75.6 Å².